The van der Waals surface area contributed by atoms with Gasteiger partial charge in [-0.3, -0.25) is 0 Å². The Morgan fingerprint density at radius 3 is 2.55 bits per heavy atom. The van der Waals surface area contributed by atoms with Crippen molar-refractivity contribution >= 4 is 0 Å². The van der Waals surface area contributed by atoms with E-state index in [1.54, 1.807) is 0 Å². The predicted octanol–water partition coefficient (Wildman–Crippen LogP) is 2.79. The number of rotatable bonds is 3. The van der Waals surface area contributed by atoms with E-state index in [4.69, 9.17) is 5.11 Å². The molecule has 3 heteroatoms. The molecule has 1 aromatic carbocycles. The quantitative estimate of drug-likeness (QED) is 0.843. The van der Waals surface area contributed by atoms with Gasteiger partial charge >= 0.3 is 0 Å². The Hall–Kier alpha value is -1.58. The van der Waals surface area contributed by atoms with E-state index in [2.05, 4.69) is 17.0 Å². The largest absolute Gasteiger partial charge is 0.392 e. The molecule has 1 heterocycles. The van der Waals surface area contributed by atoms with Crippen LogP contribution in [0.3, 0.4) is 0 Å². The van der Waals surface area contributed by atoms with E-state index in [1.165, 1.54) is 17.5 Å². The summed E-state index contributed by atoms with van der Waals surface area (Å²) in [6.45, 7) is 0.899. The average Bonchev–Trinajstić information content (AvgIpc) is 2.79. The number of aliphatic hydroxyl groups is 2. The van der Waals surface area contributed by atoms with Gasteiger partial charge in [-0.2, -0.15) is 0 Å². The van der Waals surface area contributed by atoms with Gasteiger partial charge in [0.25, 0.3) is 0 Å². The summed E-state index contributed by atoms with van der Waals surface area (Å²) < 4.78 is 2.16. The second kappa shape index (κ2) is 5.81. The maximum absolute atomic E-state index is 10.1. The number of aliphatic hydroxyl groups excluding tert-OH is 2. The van der Waals surface area contributed by atoms with Crippen molar-refractivity contribution in [2.24, 2.45) is 0 Å². The molecular weight excluding hydrogens is 250 g/mol. The Morgan fingerprint density at radius 1 is 1.05 bits per heavy atom. The van der Waals surface area contributed by atoms with Gasteiger partial charge in [0.2, 0.25) is 0 Å². The third-order valence-electron chi connectivity index (χ3n) is 4.10. The second-order valence-electron chi connectivity index (χ2n) is 5.65. The maximum atomic E-state index is 10.1. The first-order valence-corrected chi connectivity index (χ1v) is 7.31. The molecule has 0 bridgehead atoms. The summed E-state index contributed by atoms with van der Waals surface area (Å²) in [6, 6.07) is 8.01. The Labute approximate surface area is 119 Å². The van der Waals surface area contributed by atoms with Gasteiger partial charge in [-0.15, -0.1) is 0 Å². The van der Waals surface area contributed by atoms with Gasteiger partial charge in [0.1, 0.15) is 0 Å². The van der Waals surface area contributed by atoms with Crippen LogP contribution in [-0.2, 0) is 19.6 Å². The van der Waals surface area contributed by atoms with E-state index in [9.17, 15) is 5.11 Å². The van der Waals surface area contributed by atoms with E-state index in [-0.39, 0.29) is 12.7 Å². The molecule has 1 aromatic heterocycles. The first-order chi connectivity index (χ1) is 9.76. The fourth-order valence-electron chi connectivity index (χ4n) is 2.94. The summed E-state index contributed by atoms with van der Waals surface area (Å²) in [5.74, 6) is 0. The molecule has 0 fully saturated rings. The highest BCUT2D eigenvalue weighted by atomic mass is 16.3. The molecule has 0 radical (unpaired) electrons. The van der Waals surface area contributed by atoms with Crippen molar-refractivity contribution in [2.75, 3.05) is 0 Å². The SMILES string of the molecule is OCc1ccc(Cn2cc3c(c2)C(O)CCCC3)cc1. The fraction of sp³-hybridized carbons (Fsp3) is 0.412. The van der Waals surface area contributed by atoms with E-state index in [0.29, 0.717) is 0 Å². The van der Waals surface area contributed by atoms with Crippen LogP contribution in [0, 0.1) is 0 Å². The van der Waals surface area contributed by atoms with E-state index in [1.807, 2.05) is 24.3 Å². The second-order valence-corrected chi connectivity index (χ2v) is 5.65. The highest BCUT2D eigenvalue weighted by Gasteiger charge is 2.18. The number of hydrogen-bond donors (Lipinski definition) is 2. The molecule has 1 aliphatic rings. The fourth-order valence-corrected chi connectivity index (χ4v) is 2.94. The summed E-state index contributed by atoms with van der Waals surface area (Å²) in [6.07, 6.45) is 8.18. The Kier molecular flexibility index (Phi) is 3.90. The monoisotopic (exact) mass is 271 g/mol. The number of benzene rings is 1. The van der Waals surface area contributed by atoms with Gasteiger partial charge in [-0.1, -0.05) is 30.7 Å². The number of aromatic nitrogens is 1. The summed E-state index contributed by atoms with van der Waals surface area (Å²) in [5, 5.41) is 19.2. The summed E-state index contributed by atoms with van der Waals surface area (Å²) in [7, 11) is 0. The summed E-state index contributed by atoms with van der Waals surface area (Å²) >= 11 is 0. The van der Waals surface area contributed by atoms with Crippen LogP contribution in [0.15, 0.2) is 36.7 Å². The molecule has 3 rings (SSSR count). The van der Waals surface area contributed by atoms with Crippen molar-refractivity contribution in [1.29, 1.82) is 0 Å². The molecule has 1 atom stereocenters. The molecule has 2 aromatic rings. The topological polar surface area (TPSA) is 45.4 Å². The molecule has 2 N–H and O–H groups in total. The van der Waals surface area contributed by atoms with Gasteiger partial charge < -0.3 is 14.8 Å². The van der Waals surface area contributed by atoms with E-state index < -0.39 is 0 Å². The first kappa shape index (κ1) is 13.4. The predicted molar refractivity (Wildman–Crippen MR) is 78.4 cm³/mol. The molecular formula is C17H21NO2. The van der Waals surface area contributed by atoms with Crippen molar-refractivity contribution in [1.82, 2.24) is 4.57 Å². The molecule has 0 saturated heterocycles. The van der Waals surface area contributed by atoms with Crippen LogP contribution in [0.25, 0.3) is 0 Å². The van der Waals surface area contributed by atoms with Crippen LogP contribution in [0.4, 0.5) is 0 Å². The Bertz CT molecular complexity index is 571. The molecule has 0 amide bonds. The number of fused-ring (bicyclic) bond motifs is 1. The maximum Gasteiger partial charge on any atom is 0.0807 e. The minimum absolute atomic E-state index is 0.0876. The summed E-state index contributed by atoms with van der Waals surface area (Å²) in [4.78, 5) is 0. The highest BCUT2D eigenvalue weighted by molar-refractivity contribution is 5.29. The van der Waals surface area contributed by atoms with Crippen molar-refractivity contribution in [2.45, 2.75) is 44.9 Å². The van der Waals surface area contributed by atoms with Crippen molar-refractivity contribution in [3.63, 3.8) is 0 Å². The lowest BCUT2D eigenvalue weighted by Crippen LogP contribution is -1.98. The van der Waals surface area contributed by atoms with Gasteiger partial charge in [0, 0.05) is 24.5 Å². The van der Waals surface area contributed by atoms with E-state index in [0.717, 1.165) is 36.9 Å². The Balaban J connectivity index is 1.79. The minimum Gasteiger partial charge on any atom is -0.392 e. The lowest BCUT2D eigenvalue weighted by Gasteiger charge is -2.07. The average molecular weight is 271 g/mol. The molecule has 106 valence electrons. The molecule has 0 aliphatic heterocycles. The molecule has 3 nitrogen and oxygen atoms in total. The molecule has 1 aliphatic carbocycles. The lowest BCUT2D eigenvalue weighted by atomic mass is 10.1. The molecule has 1 unspecified atom stereocenters. The zero-order chi connectivity index (χ0) is 13.9. The van der Waals surface area contributed by atoms with Crippen LogP contribution in [0.2, 0.25) is 0 Å². The van der Waals surface area contributed by atoms with Crippen LogP contribution in [0.1, 0.15) is 47.6 Å². The smallest absolute Gasteiger partial charge is 0.0807 e. The standard InChI is InChI=1S/C17H21NO2/c19-12-14-7-5-13(6-8-14)9-18-10-15-3-1-2-4-17(20)16(15)11-18/h5-8,10-11,17,19-20H,1-4,9,12H2. The third-order valence-corrected chi connectivity index (χ3v) is 4.10. The van der Waals surface area contributed by atoms with Crippen molar-refractivity contribution < 1.29 is 10.2 Å². The number of nitrogens with zero attached hydrogens (tertiary/aromatic N) is 1. The normalized spacial score (nSPS) is 18.6. The zero-order valence-electron chi connectivity index (χ0n) is 11.6. The molecule has 0 saturated carbocycles. The van der Waals surface area contributed by atoms with E-state index >= 15 is 0 Å². The molecule has 0 spiro atoms. The van der Waals surface area contributed by atoms with Crippen LogP contribution >= 0.6 is 0 Å². The molecule has 20 heavy (non-hydrogen) atoms. The van der Waals surface area contributed by atoms with Gasteiger partial charge in [0.05, 0.1) is 12.7 Å². The van der Waals surface area contributed by atoms with Crippen molar-refractivity contribution in [3.8, 4) is 0 Å². The number of aryl methyl sites for hydroxylation is 1. The van der Waals surface area contributed by atoms with Crippen LogP contribution in [-0.4, -0.2) is 14.8 Å². The van der Waals surface area contributed by atoms with Crippen molar-refractivity contribution in [3.05, 3.63) is 58.9 Å². The van der Waals surface area contributed by atoms with Gasteiger partial charge in [-0.25, -0.2) is 0 Å². The zero-order valence-corrected chi connectivity index (χ0v) is 11.6. The van der Waals surface area contributed by atoms with Gasteiger partial charge in [0.15, 0.2) is 0 Å². The number of hydrogen-bond acceptors (Lipinski definition) is 2. The first-order valence-electron chi connectivity index (χ1n) is 7.31. The van der Waals surface area contributed by atoms with Gasteiger partial charge in [-0.05, 0) is 36.0 Å². The lowest BCUT2D eigenvalue weighted by molar-refractivity contribution is 0.166. The highest BCUT2D eigenvalue weighted by Crippen LogP contribution is 2.29. The summed E-state index contributed by atoms with van der Waals surface area (Å²) in [5.41, 5.74) is 4.55. The minimum atomic E-state index is -0.300. The van der Waals surface area contributed by atoms with Crippen LogP contribution in [0.5, 0.6) is 0 Å². The third kappa shape index (κ3) is 2.79. The van der Waals surface area contributed by atoms with Crippen LogP contribution < -0.4 is 0 Å². The Morgan fingerprint density at radius 2 is 1.80 bits per heavy atom.